The van der Waals surface area contributed by atoms with Gasteiger partial charge in [0.05, 0.1) is 18.2 Å². The number of amides is 1. The van der Waals surface area contributed by atoms with Gasteiger partial charge in [-0.05, 0) is 31.4 Å². The van der Waals surface area contributed by atoms with Crippen molar-refractivity contribution in [1.82, 2.24) is 15.2 Å². The Morgan fingerprint density at radius 2 is 2.00 bits per heavy atom. The van der Waals surface area contributed by atoms with Crippen molar-refractivity contribution in [3.8, 4) is 0 Å². The van der Waals surface area contributed by atoms with Crippen LogP contribution in [0.1, 0.15) is 35.4 Å². The Kier molecular flexibility index (Phi) is 4.75. The summed E-state index contributed by atoms with van der Waals surface area (Å²) in [5.74, 6) is 4.78. The molecule has 0 saturated heterocycles. The quantitative estimate of drug-likeness (QED) is 0.500. The summed E-state index contributed by atoms with van der Waals surface area (Å²) in [5, 5.41) is 4.56. The predicted octanol–water partition coefficient (Wildman–Crippen LogP) is 1.84. The predicted molar refractivity (Wildman–Crippen MR) is 82.6 cm³/mol. The Bertz CT molecular complexity index is 619. The first-order chi connectivity index (χ1) is 10.1. The number of carbonyl (C=O) groups is 1. The minimum Gasteiger partial charge on any atom is -0.294 e. The summed E-state index contributed by atoms with van der Waals surface area (Å²) in [6, 6.07) is 9.65. The van der Waals surface area contributed by atoms with Crippen molar-refractivity contribution in [1.29, 1.82) is 0 Å². The van der Waals surface area contributed by atoms with E-state index in [1.807, 2.05) is 48.9 Å². The van der Waals surface area contributed by atoms with Crippen molar-refractivity contribution in [3.05, 3.63) is 52.8 Å². The van der Waals surface area contributed by atoms with Crippen LogP contribution in [0.2, 0.25) is 0 Å². The fourth-order valence-corrected chi connectivity index (χ4v) is 2.72. The van der Waals surface area contributed by atoms with Gasteiger partial charge in [0.15, 0.2) is 0 Å². The summed E-state index contributed by atoms with van der Waals surface area (Å²) in [4.78, 5) is 12.1. The molecular weight excluding hydrogens is 264 g/mol. The molecule has 0 spiro atoms. The first-order valence-electron chi connectivity index (χ1n) is 7.16. The van der Waals surface area contributed by atoms with Crippen molar-refractivity contribution in [2.45, 2.75) is 39.7 Å². The van der Waals surface area contributed by atoms with Crippen LogP contribution in [-0.4, -0.2) is 15.7 Å². The van der Waals surface area contributed by atoms with Crippen LogP contribution in [0.4, 0.5) is 0 Å². The van der Waals surface area contributed by atoms with Gasteiger partial charge < -0.3 is 0 Å². The van der Waals surface area contributed by atoms with Crippen LogP contribution in [0.3, 0.4) is 0 Å². The third-order valence-electron chi connectivity index (χ3n) is 3.90. The number of aryl methyl sites for hydroxylation is 1. The molecule has 0 bridgehead atoms. The van der Waals surface area contributed by atoms with E-state index in [9.17, 15) is 4.79 Å². The van der Waals surface area contributed by atoms with Crippen molar-refractivity contribution < 1.29 is 4.79 Å². The molecule has 5 heteroatoms. The van der Waals surface area contributed by atoms with Gasteiger partial charge in [0, 0.05) is 5.69 Å². The largest absolute Gasteiger partial charge is 0.294 e. The van der Waals surface area contributed by atoms with Gasteiger partial charge in [-0.25, -0.2) is 5.84 Å². The van der Waals surface area contributed by atoms with Crippen LogP contribution in [-0.2, 0) is 17.8 Å². The zero-order chi connectivity index (χ0) is 15.4. The van der Waals surface area contributed by atoms with Crippen molar-refractivity contribution in [2.75, 3.05) is 0 Å². The number of rotatable bonds is 5. The second-order valence-electron chi connectivity index (χ2n) is 5.16. The molecule has 112 valence electrons. The molecule has 5 nitrogen and oxygen atoms in total. The lowest BCUT2D eigenvalue weighted by Gasteiger charge is -2.17. The Morgan fingerprint density at radius 1 is 1.33 bits per heavy atom. The van der Waals surface area contributed by atoms with Gasteiger partial charge in [-0.3, -0.25) is 14.9 Å². The molecule has 0 fully saturated rings. The van der Waals surface area contributed by atoms with Crippen molar-refractivity contribution >= 4 is 5.91 Å². The third kappa shape index (κ3) is 3.13. The standard InChI is InChI=1S/C16H22N4O/c1-4-14-11(2)19-20(12(14)3)10-15(16(21)18-17)13-8-6-5-7-9-13/h5-9,15H,4,10,17H2,1-3H3,(H,18,21). The number of aromatic nitrogens is 2. The highest BCUT2D eigenvalue weighted by Gasteiger charge is 2.22. The lowest BCUT2D eigenvalue weighted by Crippen LogP contribution is -2.36. The van der Waals surface area contributed by atoms with E-state index in [1.54, 1.807) is 0 Å². The van der Waals surface area contributed by atoms with E-state index in [-0.39, 0.29) is 11.8 Å². The molecule has 2 aromatic rings. The Balaban J connectivity index is 2.34. The molecule has 1 amide bonds. The molecular formula is C16H22N4O. The zero-order valence-corrected chi connectivity index (χ0v) is 12.8. The third-order valence-corrected chi connectivity index (χ3v) is 3.90. The van der Waals surface area contributed by atoms with Gasteiger partial charge in [0.25, 0.3) is 0 Å². The average molecular weight is 286 g/mol. The molecule has 0 radical (unpaired) electrons. The molecule has 1 aromatic heterocycles. The van der Waals surface area contributed by atoms with E-state index in [1.165, 1.54) is 5.56 Å². The van der Waals surface area contributed by atoms with E-state index in [2.05, 4.69) is 17.4 Å². The number of nitrogens with two attached hydrogens (primary N) is 1. The second-order valence-corrected chi connectivity index (χ2v) is 5.16. The Labute approximate surface area is 125 Å². The number of nitrogens with one attached hydrogen (secondary N) is 1. The fraction of sp³-hybridized carbons (Fsp3) is 0.375. The number of hydrogen-bond donors (Lipinski definition) is 2. The highest BCUT2D eigenvalue weighted by atomic mass is 16.2. The van der Waals surface area contributed by atoms with Gasteiger partial charge >= 0.3 is 0 Å². The number of hydrogen-bond acceptors (Lipinski definition) is 3. The van der Waals surface area contributed by atoms with E-state index in [4.69, 9.17) is 5.84 Å². The monoisotopic (exact) mass is 286 g/mol. The SMILES string of the molecule is CCc1c(C)nn(CC(C(=O)NN)c2ccccc2)c1C. The smallest absolute Gasteiger partial charge is 0.243 e. The molecule has 0 aliphatic carbocycles. The number of carbonyl (C=O) groups excluding carboxylic acids is 1. The van der Waals surface area contributed by atoms with Gasteiger partial charge in [-0.2, -0.15) is 5.10 Å². The second kappa shape index (κ2) is 6.54. The van der Waals surface area contributed by atoms with Crippen LogP contribution < -0.4 is 11.3 Å². The normalized spacial score (nSPS) is 12.2. The Hall–Kier alpha value is -2.14. The summed E-state index contributed by atoms with van der Waals surface area (Å²) in [6.07, 6.45) is 0.941. The minimum atomic E-state index is -0.348. The summed E-state index contributed by atoms with van der Waals surface area (Å²) >= 11 is 0. The highest BCUT2D eigenvalue weighted by Crippen LogP contribution is 2.21. The molecule has 1 unspecified atom stereocenters. The number of benzene rings is 1. The van der Waals surface area contributed by atoms with E-state index in [0.29, 0.717) is 6.54 Å². The lowest BCUT2D eigenvalue weighted by molar-refractivity contribution is -0.123. The minimum absolute atomic E-state index is 0.202. The summed E-state index contributed by atoms with van der Waals surface area (Å²) in [6.45, 7) is 6.65. The first kappa shape index (κ1) is 15.3. The van der Waals surface area contributed by atoms with Gasteiger partial charge in [-0.1, -0.05) is 37.3 Å². The maximum absolute atomic E-state index is 12.1. The maximum atomic E-state index is 12.1. The molecule has 1 heterocycles. The van der Waals surface area contributed by atoms with E-state index in [0.717, 1.165) is 23.4 Å². The molecule has 0 aliphatic heterocycles. The lowest BCUT2D eigenvalue weighted by atomic mass is 9.98. The fourth-order valence-electron chi connectivity index (χ4n) is 2.72. The first-order valence-corrected chi connectivity index (χ1v) is 7.16. The topological polar surface area (TPSA) is 72.9 Å². The molecule has 2 rings (SSSR count). The highest BCUT2D eigenvalue weighted by molar-refractivity contribution is 5.83. The van der Waals surface area contributed by atoms with Gasteiger partial charge in [0.2, 0.25) is 5.91 Å². The van der Waals surface area contributed by atoms with Crippen LogP contribution in [0, 0.1) is 13.8 Å². The molecule has 1 atom stereocenters. The van der Waals surface area contributed by atoms with Crippen LogP contribution >= 0.6 is 0 Å². The summed E-state index contributed by atoms with van der Waals surface area (Å²) in [7, 11) is 0. The van der Waals surface area contributed by atoms with Crippen molar-refractivity contribution in [2.24, 2.45) is 5.84 Å². The van der Waals surface area contributed by atoms with E-state index < -0.39 is 0 Å². The van der Waals surface area contributed by atoms with Gasteiger partial charge in [-0.15, -0.1) is 0 Å². The van der Waals surface area contributed by atoms with E-state index >= 15 is 0 Å². The van der Waals surface area contributed by atoms with Crippen LogP contribution in [0.15, 0.2) is 30.3 Å². The molecule has 3 N–H and O–H groups in total. The molecule has 21 heavy (non-hydrogen) atoms. The summed E-state index contributed by atoms with van der Waals surface area (Å²) < 4.78 is 1.90. The van der Waals surface area contributed by atoms with Gasteiger partial charge in [0.1, 0.15) is 0 Å². The maximum Gasteiger partial charge on any atom is 0.243 e. The summed E-state index contributed by atoms with van der Waals surface area (Å²) in [5.41, 5.74) is 6.58. The van der Waals surface area contributed by atoms with Crippen molar-refractivity contribution in [3.63, 3.8) is 0 Å². The average Bonchev–Trinajstić information content (AvgIpc) is 2.78. The molecule has 0 saturated carbocycles. The number of hydrazine groups is 1. The molecule has 1 aromatic carbocycles. The van der Waals surface area contributed by atoms with Crippen LogP contribution in [0.5, 0.6) is 0 Å². The Morgan fingerprint density at radius 3 is 2.52 bits per heavy atom. The molecule has 0 aliphatic rings. The zero-order valence-electron chi connectivity index (χ0n) is 12.8. The number of nitrogens with zero attached hydrogens (tertiary/aromatic N) is 2. The van der Waals surface area contributed by atoms with Crippen LogP contribution in [0.25, 0.3) is 0 Å².